The molecule has 1 saturated heterocycles. The zero-order chi connectivity index (χ0) is 14.8. The standard InChI is InChI=1S/C14H18F3NO2/c1-20-13-3-2-10(8-12(13)19)9-18-6-4-11(5-7-18)14(15,16)17/h2-3,8,11,19H,4-7,9H2,1H3. The van der Waals surface area contributed by atoms with Crippen LogP contribution in [0.25, 0.3) is 0 Å². The summed E-state index contributed by atoms with van der Waals surface area (Å²) in [7, 11) is 1.47. The first-order chi connectivity index (χ1) is 9.40. The summed E-state index contributed by atoms with van der Waals surface area (Å²) in [4.78, 5) is 1.98. The van der Waals surface area contributed by atoms with Crippen molar-refractivity contribution in [2.45, 2.75) is 25.6 Å². The summed E-state index contributed by atoms with van der Waals surface area (Å²) in [6.45, 7) is 1.40. The van der Waals surface area contributed by atoms with Crippen LogP contribution in [0.3, 0.4) is 0 Å². The molecule has 0 atom stereocenters. The van der Waals surface area contributed by atoms with E-state index < -0.39 is 12.1 Å². The van der Waals surface area contributed by atoms with Crippen LogP contribution in [0.5, 0.6) is 11.5 Å². The largest absolute Gasteiger partial charge is 0.504 e. The van der Waals surface area contributed by atoms with Crippen LogP contribution in [0, 0.1) is 5.92 Å². The number of phenols is 1. The molecule has 0 aliphatic carbocycles. The van der Waals surface area contributed by atoms with E-state index in [2.05, 4.69) is 0 Å². The number of hydrogen-bond acceptors (Lipinski definition) is 3. The van der Waals surface area contributed by atoms with Gasteiger partial charge in [-0.2, -0.15) is 13.2 Å². The van der Waals surface area contributed by atoms with E-state index in [9.17, 15) is 18.3 Å². The van der Waals surface area contributed by atoms with E-state index in [0.717, 1.165) is 5.56 Å². The molecule has 3 nitrogen and oxygen atoms in total. The van der Waals surface area contributed by atoms with E-state index in [1.807, 2.05) is 11.0 Å². The maximum atomic E-state index is 12.6. The van der Waals surface area contributed by atoms with Crippen LogP contribution in [0.2, 0.25) is 0 Å². The molecule has 1 N–H and O–H groups in total. The van der Waals surface area contributed by atoms with E-state index in [1.165, 1.54) is 7.11 Å². The van der Waals surface area contributed by atoms with Crippen molar-refractivity contribution in [1.29, 1.82) is 0 Å². The lowest BCUT2D eigenvalue weighted by Crippen LogP contribution is -2.38. The van der Waals surface area contributed by atoms with Crippen LogP contribution in [0.4, 0.5) is 13.2 Å². The number of aromatic hydroxyl groups is 1. The molecule has 0 aromatic heterocycles. The van der Waals surface area contributed by atoms with Crippen molar-refractivity contribution in [3.63, 3.8) is 0 Å². The number of benzene rings is 1. The first kappa shape index (κ1) is 15.0. The third-order valence-corrected chi connectivity index (χ3v) is 3.70. The highest BCUT2D eigenvalue weighted by molar-refractivity contribution is 5.41. The Balaban J connectivity index is 1.91. The zero-order valence-corrected chi connectivity index (χ0v) is 11.3. The molecule has 0 saturated carbocycles. The van der Waals surface area contributed by atoms with Gasteiger partial charge in [-0.15, -0.1) is 0 Å². The van der Waals surface area contributed by atoms with Crippen molar-refractivity contribution in [2.24, 2.45) is 5.92 Å². The molecule has 6 heteroatoms. The van der Waals surface area contributed by atoms with E-state index in [-0.39, 0.29) is 18.6 Å². The maximum Gasteiger partial charge on any atom is 0.391 e. The highest BCUT2D eigenvalue weighted by atomic mass is 19.4. The highest BCUT2D eigenvalue weighted by Crippen LogP contribution is 2.34. The van der Waals surface area contributed by atoms with Gasteiger partial charge < -0.3 is 9.84 Å². The zero-order valence-electron chi connectivity index (χ0n) is 11.3. The summed E-state index contributed by atoms with van der Waals surface area (Å²) in [5.74, 6) is -0.734. The average molecular weight is 289 g/mol. The third-order valence-electron chi connectivity index (χ3n) is 3.70. The fraction of sp³-hybridized carbons (Fsp3) is 0.571. The fourth-order valence-corrected chi connectivity index (χ4v) is 2.51. The molecule has 1 fully saturated rings. The van der Waals surface area contributed by atoms with Gasteiger partial charge in [-0.3, -0.25) is 4.90 Å². The molecule has 2 rings (SSSR count). The third kappa shape index (κ3) is 3.56. The number of likely N-dealkylation sites (tertiary alicyclic amines) is 1. The Hall–Kier alpha value is -1.43. The molecule has 0 bridgehead atoms. The Morgan fingerprint density at radius 3 is 2.45 bits per heavy atom. The van der Waals surface area contributed by atoms with Gasteiger partial charge >= 0.3 is 6.18 Å². The molecule has 1 heterocycles. The summed E-state index contributed by atoms with van der Waals surface area (Å²) in [5.41, 5.74) is 0.869. The molecule has 0 amide bonds. The molecule has 0 unspecified atom stereocenters. The van der Waals surface area contributed by atoms with Gasteiger partial charge in [-0.25, -0.2) is 0 Å². The minimum Gasteiger partial charge on any atom is -0.504 e. The molecule has 112 valence electrons. The molecule has 1 aliphatic rings. The predicted octanol–water partition coefficient (Wildman–Crippen LogP) is 3.18. The lowest BCUT2D eigenvalue weighted by atomic mass is 9.96. The molecule has 1 aromatic rings. The monoisotopic (exact) mass is 289 g/mol. The van der Waals surface area contributed by atoms with Crippen molar-refractivity contribution < 1.29 is 23.0 Å². The number of rotatable bonds is 3. The Morgan fingerprint density at radius 2 is 1.95 bits per heavy atom. The summed E-state index contributed by atoms with van der Waals surface area (Å²) >= 11 is 0. The second-order valence-corrected chi connectivity index (χ2v) is 5.10. The van der Waals surface area contributed by atoms with E-state index >= 15 is 0 Å². The maximum absolute atomic E-state index is 12.6. The molecule has 0 radical (unpaired) electrons. The van der Waals surface area contributed by atoms with Gasteiger partial charge in [0.2, 0.25) is 0 Å². The van der Waals surface area contributed by atoms with Crippen LogP contribution in [0.1, 0.15) is 18.4 Å². The average Bonchev–Trinajstić information content (AvgIpc) is 2.38. The van der Waals surface area contributed by atoms with Gasteiger partial charge in [-0.1, -0.05) is 6.07 Å². The molecule has 0 spiro atoms. The van der Waals surface area contributed by atoms with Crippen molar-refractivity contribution in [2.75, 3.05) is 20.2 Å². The smallest absolute Gasteiger partial charge is 0.391 e. The Kier molecular flexibility index (Phi) is 4.42. The SMILES string of the molecule is COc1ccc(CN2CCC(C(F)(F)F)CC2)cc1O. The summed E-state index contributed by atoms with van der Waals surface area (Å²) in [6.07, 6.45) is -3.79. The van der Waals surface area contributed by atoms with Crippen molar-refractivity contribution >= 4 is 0 Å². The minimum absolute atomic E-state index is 0.0511. The van der Waals surface area contributed by atoms with Crippen molar-refractivity contribution in [3.05, 3.63) is 23.8 Å². The van der Waals surface area contributed by atoms with Gasteiger partial charge in [0.1, 0.15) is 0 Å². The van der Waals surface area contributed by atoms with Crippen LogP contribution in [-0.2, 0) is 6.54 Å². The normalized spacial score (nSPS) is 18.2. The molecular weight excluding hydrogens is 271 g/mol. The second-order valence-electron chi connectivity index (χ2n) is 5.10. The number of alkyl halides is 3. The number of phenolic OH excluding ortho intramolecular Hbond substituents is 1. The van der Waals surface area contributed by atoms with Crippen LogP contribution in [0.15, 0.2) is 18.2 Å². The second kappa shape index (κ2) is 5.91. The predicted molar refractivity (Wildman–Crippen MR) is 68.7 cm³/mol. The van der Waals surface area contributed by atoms with E-state index in [0.29, 0.717) is 25.4 Å². The van der Waals surface area contributed by atoms with E-state index in [4.69, 9.17) is 4.74 Å². The Labute approximate surface area is 116 Å². The van der Waals surface area contributed by atoms with Crippen molar-refractivity contribution in [1.82, 2.24) is 4.90 Å². The van der Waals surface area contributed by atoms with Gasteiger partial charge in [0.05, 0.1) is 13.0 Å². The van der Waals surface area contributed by atoms with Gasteiger partial charge in [0.15, 0.2) is 11.5 Å². The Bertz CT molecular complexity index is 454. The van der Waals surface area contributed by atoms with E-state index in [1.54, 1.807) is 12.1 Å². The molecule has 1 aromatic carbocycles. The van der Waals surface area contributed by atoms with Gasteiger partial charge in [0.25, 0.3) is 0 Å². The first-order valence-electron chi connectivity index (χ1n) is 6.55. The number of methoxy groups -OCH3 is 1. The van der Waals surface area contributed by atoms with Crippen LogP contribution >= 0.6 is 0 Å². The fourth-order valence-electron chi connectivity index (χ4n) is 2.51. The lowest BCUT2D eigenvalue weighted by molar-refractivity contribution is -0.185. The summed E-state index contributed by atoms with van der Waals surface area (Å²) in [6, 6.07) is 5.07. The highest BCUT2D eigenvalue weighted by Gasteiger charge is 2.40. The number of ether oxygens (including phenoxy) is 1. The lowest BCUT2D eigenvalue weighted by Gasteiger charge is -2.32. The van der Waals surface area contributed by atoms with Crippen LogP contribution in [-0.4, -0.2) is 36.4 Å². The topological polar surface area (TPSA) is 32.7 Å². The Morgan fingerprint density at radius 1 is 1.30 bits per heavy atom. The summed E-state index contributed by atoms with van der Waals surface area (Å²) in [5, 5.41) is 9.68. The quantitative estimate of drug-likeness (QED) is 0.927. The number of hydrogen-bond donors (Lipinski definition) is 1. The number of halogens is 3. The minimum atomic E-state index is -4.08. The van der Waals surface area contributed by atoms with Gasteiger partial charge in [0, 0.05) is 6.54 Å². The molecular formula is C14H18F3NO2. The number of piperidine rings is 1. The first-order valence-corrected chi connectivity index (χ1v) is 6.55. The number of nitrogens with zero attached hydrogens (tertiary/aromatic N) is 1. The summed E-state index contributed by atoms with van der Waals surface area (Å²) < 4.78 is 42.7. The molecule has 20 heavy (non-hydrogen) atoms. The molecule has 1 aliphatic heterocycles. The van der Waals surface area contributed by atoms with Gasteiger partial charge in [-0.05, 0) is 43.6 Å². The van der Waals surface area contributed by atoms with Crippen LogP contribution < -0.4 is 4.74 Å². The van der Waals surface area contributed by atoms with Crippen molar-refractivity contribution in [3.8, 4) is 11.5 Å².